The minimum absolute atomic E-state index is 0.00727. The molecule has 3 rings (SSSR count). The van der Waals surface area contributed by atoms with Crippen LogP contribution in [0.15, 0.2) is 41.7 Å². The van der Waals surface area contributed by atoms with E-state index in [-0.39, 0.29) is 19.6 Å². The van der Waals surface area contributed by atoms with E-state index in [4.69, 9.17) is 23.7 Å². The zero-order chi connectivity index (χ0) is 18.7. The highest BCUT2D eigenvalue weighted by Crippen LogP contribution is 2.41. The number of fused-ring (bicyclic) bond motifs is 1. The Morgan fingerprint density at radius 2 is 1.85 bits per heavy atom. The highest BCUT2D eigenvalue weighted by molar-refractivity contribution is 5.89. The molecule has 2 aliphatic rings. The molecule has 2 aliphatic heterocycles. The van der Waals surface area contributed by atoms with Crippen molar-refractivity contribution in [3.8, 4) is 0 Å². The van der Waals surface area contributed by atoms with Crippen LogP contribution in [0.5, 0.6) is 0 Å². The van der Waals surface area contributed by atoms with Crippen molar-refractivity contribution in [1.82, 2.24) is 0 Å². The second-order valence-electron chi connectivity index (χ2n) is 6.41. The molecule has 1 fully saturated rings. The summed E-state index contributed by atoms with van der Waals surface area (Å²) in [7, 11) is 0. The molecule has 0 bridgehead atoms. The van der Waals surface area contributed by atoms with Crippen molar-refractivity contribution in [2.24, 2.45) is 0 Å². The molecule has 140 valence electrons. The van der Waals surface area contributed by atoms with Crippen molar-refractivity contribution in [1.29, 1.82) is 0 Å². The molecule has 0 saturated carbocycles. The predicted molar refractivity (Wildman–Crippen MR) is 89.9 cm³/mol. The molecule has 26 heavy (non-hydrogen) atoms. The zero-order valence-corrected chi connectivity index (χ0v) is 15.0. The van der Waals surface area contributed by atoms with Crippen LogP contribution in [0.1, 0.15) is 37.6 Å². The van der Waals surface area contributed by atoms with Gasteiger partial charge in [-0.05, 0) is 32.9 Å². The van der Waals surface area contributed by atoms with Gasteiger partial charge < -0.3 is 23.7 Å². The number of ether oxygens (including phenoxy) is 5. The molecular formula is C19H22O7. The molecule has 0 radical (unpaired) electrons. The van der Waals surface area contributed by atoms with E-state index in [0.717, 1.165) is 0 Å². The van der Waals surface area contributed by atoms with Gasteiger partial charge in [-0.15, -0.1) is 0 Å². The highest BCUT2D eigenvalue weighted by atomic mass is 16.8. The lowest BCUT2D eigenvalue weighted by Gasteiger charge is -2.19. The van der Waals surface area contributed by atoms with E-state index in [1.165, 1.54) is 0 Å². The molecule has 7 heteroatoms. The summed E-state index contributed by atoms with van der Waals surface area (Å²) in [6, 6.07) is 8.64. The van der Waals surface area contributed by atoms with E-state index in [0.29, 0.717) is 16.9 Å². The molecule has 0 amide bonds. The van der Waals surface area contributed by atoms with Crippen LogP contribution in [0.4, 0.5) is 0 Å². The van der Waals surface area contributed by atoms with Crippen LogP contribution in [0, 0.1) is 0 Å². The average molecular weight is 362 g/mol. The van der Waals surface area contributed by atoms with Crippen molar-refractivity contribution >= 4 is 11.9 Å². The summed E-state index contributed by atoms with van der Waals surface area (Å²) in [6.45, 7) is 5.45. The zero-order valence-electron chi connectivity index (χ0n) is 15.0. The molecule has 0 N–H and O–H groups in total. The summed E-state index contributed by atoms with van der Waals surface area (Å²) in [5, 5.41) is 0. The first kappa shape index (κ1) is 18.4. The van der Waals surface area contributed by atoms with E-state index < -0.39 is 30.1 Å². The molecule has 2 atom stereocenters. The molecule has 1 saturated heterocycles. The fourth-order valence-corrected chi connectivity index (χ4v) is 2.91. The van der Waals surface area contributed by atoms with Crippen LogP contribution >= 0.6 is 0 Å². The van der Waals surface area contributed by atoms with Gasteiger partial charge in [0.25, 0.3) is 0 Å². The van der Waals surface area contributed by atoms with E-state index in [2.05, 4.69) is 0 Å². The molecule has 0 spiro atoms. The molecule has 2 heterocycles. The van der Waals surface area contributed by atoms with Crippen LogP contribution in [-0.4, -0.2) is 43.3 Å². The summed E-state index contributed by atoms with van der Waals surface area (Å²) in [4.78, 5) is 24.1. The van der Waals surface area contributed by atoms with E-state index >= 15 is 0 Å². The Hall–Kier alpha value is -2.38. The minimum Gasteiger partial charge on any atom is -0.466 e. The second-order valence-corrected chi connectivity index (χ2v) is 6.41. The smallest absolute Gasteiger partial charge is 0.338 e. The van der Waals surface area contributed by atoms with E-state index in [9.17, 15) is 9.59 Å². The third-order valence-electron chi connectivity index (χ3n) is 4.00. The first-order chi connectivity index (χ1) is 12.4. The number of benzene rings is 1. The molecular weight excluding hydrogens is 340 g/mol. The number of hydrogen-bond donors (Lipinski definition) is 0. The van der Waals surface area contributed by atoms with Crippen molar-refractivity contribution in [2.45, 2.75) is 45.4 Å². The quantitative estimate of drug-likeness (QED) is 0.720. The average Bonchev–Trinajstić information content (AvgIpc) is 3.06. The number of carbonyl (C=O) groups is 2. The summed E-state index contributed by atoms with van der Waals surface area (Å²) < 4.78 is 27.6. The van der Waals surface area contributed by atoms with Gasteiger partial charge >= 0.3 is 11.9 Å². The Morgan fingerprint density at radius 3 is 2.54 bits per heavy atom. The number of esters is 2. The summed E-state index contributed by atoms with van der Waals surface area (Å²) in [5.41, 5.74) is 1.02. The maximum absolute atomic E-state index is 12.1. The van der Waals surface area contributed by atoms with Gasteiger partial charge in [0.15, 0.2) is 5.79 Å². The van der Waals surface area contributed by atoms with E-state index in [1.54, 1.807) is 45.0 Å². The van der Waals surface area contributed by atoms with Crippen molar-refractivity contribution in [2.75, 3.05) is 13.2 Å². The first-order valence-corrected chi connectivity index (χ1v) is 8.51. The van der Waals surface area contributed by atoms with Crippen LogP contribution in [0.25, 0.3) is 0 Å². The molecule has 1 aromatic rings. The SMILES string of the molecule is CCOC(=O)CC1=C(COC(=O)c2ccccc2)O[C@@H]2OC(C)(C)O[C@H]12. The van der Waals surface area contributed by atoms with Crippen LogP contribution < -0.4 is 0 Å². The van der Waals surface area contributed by atoms with Crippen molar-refractivity contribution < 1.29 is 33.3 Å². The topological polar surface area (TPSA) is 80.3 Å². The van der Waals surface area contributed by atoms with Crippen molar-refractivity contribution in [3.63, 3.8) is 0 Å². The molecule has 0 aromatic heterocycles. The number of rotatable bonds is 6. The fraction of sp³-hybridized carbons (Fsp3) is 0.474. The van der Waals surface area contributed by atoms with Gasteiger partial charge in [0.1, 0.15) is 18.5 Å². The maximum atomic E-state index is 12.1. The van der Waals surface area contributed by atoms with Gasteiger partial charge in [0, 0.05) is 5.57 Å². The summed E-state index contributed by atoms with van der Waals surface area (Å²) in [6.07, 6.45) is -1.20. The first-order valence-electron chi connectivity index (χ1n) is 8.51. The Kier molecular flexibility index (Phi) is 5.29. The summed E-state index contributed by atoms with van der Waals surface area (Å²) in [5.74, 6) is -1.32. The Bertz CT molecular complexity index is 708. The van der Waals surface area contributed by atoms with Crippen LogP contribution in [-0.2, 0) is 28.5 Å². The van der Waals surface area contributed by atoms with Gasteiger partial charge in [-0.2, -0.15) is 0 Å². The Balaban J connectivity index is 1.73. The lowest BCUT2D eigenvalue weighted by atomic mass is 10.1. The standard InChI is InChI=1S/C19H22O7/c1-4-22-15(20)10-13-14(24-18-16(13)25-19(2,3)26-18)11-23-17(21)12-8-6-5-7-9-12/h5-9,16,18H,4,10-11H2,1-3H3/t16-,18-/m1/s1. The highest BCUT2D eigenvalue weighted by Gasteiger charge is 2.50. The third kappa shape index (κ3) is 4.05. The van der Waals surface area contributed by atoms with Gasteiger partial charge in [-0.1, -0.05) is 18.2 Å². The van der Waals surface area contributed by atoms with Gasteiger partial charge in [0.05, 0.1) is 18.6 Å². The summed E-state index contributed by atoms with van der Waals surface area (Å²) >= 11 is 0. The molecule has 1 aromatic carbocycles. The van der Waals surface area contributed by atoms with E-state index in [1.807, 2.05) is 6.07 Å². The van der Waals surface area contributed by atoms with Crippen LogP contribution in [0.2, 0.25) is 0 Å². The van der Waals surface area contributed by atoms with Crippen molar-refractivity contribution in [3.05, 3.63) is 47.2 Å². The van der Waals surface area contributed by atoms with Crippen LogP contribution in [0.3, 0.4) is 0 Å². The largest absolute Gasteiger partial charge is 0.466 e. The lowest BCUT2D eigenvalue weighted by Crippen LogP contribution is -2.24. The normalized spacial score (nSPS) is 23.3. The lowest BCUT2D eigenvalue weighted by molar-refractivity contribution is -0.183. The maximum Gasteiger partial charge on any atom is 0.338 e. The third-order valence-corrected chi connectivity index (χ3v) is 4.00. The number of hydrogen-bond acceptors (Lipinski definition) is 7. The molecule has 0 unspecified atom stereocenters. The fourth-order valence-electron chi connectivity index (χ4n) is 2.91. The second kappa shape index (κ2) is 7.47. The molecule has 7 nitrogen and oxygen atoms in total. The number of carbonyl (C=O) groups excluding carboxylic acids is 2. The minimum atomic E-state index is -0.818. The molecule has 0 aliphatic carbocycles. The predicted octanol–water partition coefficient (Wildman–Crippen LogP) is 2.56. The van der Waals surface area contributed by atoms with Gasteiger partial charge in [-0.25, -0.2) is 4.79 Å². The van der Waals surface area contributed by atoms with Gasteiger partial charge in [0.2, 0.25) is 6.29 Å². The monoisotopic (exact) mass is 362 g/mol. The Morgan fingerprint density at radius 1 is 1.12 bits per heavy atom. The van der Waals surface area contributed by atoms with Gasteiger partial charge in [-0.3, -0.25) is 4.79 Å². The Labute approximate surface area is 151 Å².